The van der Waals surface area contributed by atoms with Gasteiger partial charge in [-0.1, -0.05) is 34.1 Å². The zero-order valence-electron chi connectivity index (χ0n) is 9.29. The fourth-order valence-electron chi connectivity index (χ4n) is 1.29. The third kappa shape index (κ3) is 5.52. The molecule has 0 saturated heterocycles. The quantitative estimate of drug-likeness (QED) is 0.345. The molecule has 0 atom stereocenters. The zero-order chi connectivity index (χ0) is 11.1. The number of halogens is 1. The van der Waals surface area contributed by atoms with Gasteiger partial charge in [0.15, 0.2) is 5.16 Å². The van der Waals surface area contributed by atoms with E-state index in [0.717, 1.165) is 27.6 Å². The van der Waals surface area contributed by atoms with Crippen molar-refractivity contribution in [2.45, 2.75) is 38.3 Å². The molecule has 4 heteroatoms. The van der Waals surface area contributed by atoms with E-state index >= 15 is 0 Å². The van der Waals surface area contributed by atoms with Crippen LogP contribution in [0.3, 0.4) is 0 Å². The highest BCUT2D eigenvalue weighted by molar-refractivity contribution is 9.09. The highest BCUT2D eigenvalue weighted by Gasteiger charge is 1.99. The summed E-state index contributed by atoms with van der Waals surface area (Å²) in [6.45, 7) is 4.03. The first-order valence-corrected chi connectivity index (χ1v) is 7.34. The molecule has 1 heterocycles. The number of aromatic nitrogens is 2. The van der Waals surface area contributed by atoms with Crippen molar-refractivity contribution >= 4 is 27.7 Å². The Kier molecular flexibility index (Phi) is 6.25. The Balaban J connectivity index is 2.31. The van der Waals surface area contributed by atoms with Crippen molar-refractivity contribution in [1.29, 1.82) is 0 Å². The first-order chi connectivity index (χ1) is 7.22. The lowest BCUT2D eigenvalue weighted by Gasteiger charge is -2.02. The van der Waals surface area contributed by atoms with Crippen LogP contribution in [0.25, 0.3) is 0 Å². The third-order valence-electron chi connectivity index (χ3n) is 1.97. The van der Waals surface area contributed by atoms with E-state index in [0.29, 0.717) is 0 Å². The molecule has 84 valence electrons. The van der Waals surface area contributed by atoms with Crippen molar-refractivity contribution in [2.75, 3.05) is 11.1 Å². The van der Waals surface area contributed by atoms with Crippen LogP contribution >= 0.6 is 27.7 Å². The van der Waals surface area contributed by atoms with Crippen LogP contribution in [0.4, 0.5) is 0 Å². The molecule has 0 N–H and O–H groups in total. The second-order valence-electron chi connectivity index (χ2n) is 3.53. The van der Waals surface area contributed by atoms with Crippen molar-refractivity contribution in [3.05, 3.63) is 17.5 Å². The maximum Gasteiger partial charge on any atom is 0.187 e. The van der Waals surface area contributed by atoms with Crippen LogP contribution in [0.15, 0.2) is 11.2 Å². The van der Waals surface area contributed by atoms with Gasteiger partial charge in [-0.15, -0.1) is 0 Å². The Hall–Kier alpha value is -0.0900. The monoisotopic (exact) mass is 288 g/mol. The van der Waals surface area contributed by atoms with E-state index in [2.05, 4.69) is 25.9 Å². The molecule has 0 aromatic carbocycles. The van der Waals surface area contributed by atoms with Crippen LogP contribution in [0.1, 0.15) is 30.7 Å². The highest BCUT2D eigenvalue weighted by atomic mass is 79.9. The lowest BCUT2D eigenvalue weighted by atomic mass is 10.3. The van der Waals surface area contributed by atoms with Crippen LogP contribution in [0.2, 0.25) is 0 Å². The zero-order valence-corrected chi connectivity index (χ0v) is 11.7. The normalized spacial score (nSPS) is 10.6. The maximum absolute atomic E-state index is 4.39. The van der Waals surface area contributed by atoms with Crippen LogP contribution < -0.4 is 0 Å². The molecular weight excluding hydrogens is 272 g/mol. The van der Waals surface area contributed by atoms with Gasteiger partial charge in [-0.2, -0.15) is 0 Å². The molecule has 2 nitrogen and oxygen atoms in total. The van der Waals surface area contributed by atoms with Gasteiger partial charge < -0.3 is 0 Å². The molecule has 1 rings (SSSR count). The van der Waals surface area contributed by atoms with E-state index < -0.39 is 0 Å². The van der Waals surface area contributed by atoms with Crippen molar-refractivity contribution in [3.8, 4) is 0 Å². The van der Waals surface area contributed by atoms with E-state index in [1.807, 2.05) is 19.9 Å². The number of hydrogen-bond acceptors (Lipinski definition) is 3. The molecule has 0 bridgehead atoms. The molecule has 0 radical (unpaired) electrons. The van der Waals surface area contributed by atoms with Gasteiger partial charge in [0.05, 0.1) is 0 Å². The molecule has 0 saturated carbocycles. The molecule has 1 aromatic heterocycles. The minimum absolute atomic E-state index is 0.923. The van der Waals surface area contributed by atoms with Gasteiger partial charge in [-0.25, -0.2) is 9.97 Å². The van der Waals surface area contributed by atoms with Gasteiger partial charge in [0.2, 0.25) is 0 Å². The molecule has 0 unspecified atom stereocenters. The van der Waals surface area contributed by atoms with Crippen molar-refractivity contribution in [1.82, 2.24) is 9.97 Å². The molecule has 0 spiro atoms. The van der Waals surface area contributed by atoms with E-state index in [9.17, 15) is 0 Å². The number of aryl methyl sites for hydroxylation is 2. The fourth-order valence-corrected chi connectivity index (χ4v) is 2.64. The minimum Gasteiger partial charge on any atom is -0.228 e. The van der Waals surface area contributed by atoms with E-state index in [1.54, 1.807) is 11.8 Å². The third-order valence-corrected chi connectivity index (χ3v) is 3.47. The first kappa shape index (κ1) is 13.0. The predicted octanol–water partition coefficient (Wildman–Crippen LogP) is 3.75. The average molecular weight is 289 g/mol. The molecular formula is C11H17BrN2S. The average Bonchev–Trinajstić information content (AvgIpc) is 2.16. The highest BCUT2D eigenvalue weighted by Crippen LogP contribution is 2.16. The summed E-state index contributed by atoms with van der Waals surface area (Å²) >= 11 is 5.20. The maximum atomic E-state index is 4.39. The lowest BCUT2D eigenvalue weighted by Crippen LogP contribution is -1.93. The molecule has 0 amide bonds. The van der Waals surface area contributed by atoms with Crippen molar-refractivity contribution in [3.63, 3.8) is 0 Å². The van der Waals surface area contributed by atoms with Gasteiger partial charge in [-0.05, 0) is 32.8 Å². The number of thioether (sulfide) groups is 1. The second-order valence-corrected chi connectivity index (χ2v) is 5.39. The molecule has 0 aliphatic carbocycles. The van der Waals surface area contributed by atoms with Gasteiger partial charge >= 0.3 is 0 Å². The summed E-state index contributed by atoms with van der Waals surface area (Å²) < 4.78 is 0. The number of nitrogens with zero attached hydrogens (tertiary/aromatic N) is 2. The molecule has 0 aliphatic heterocycles. The Morgan fingerprint density at radius 1 is 1.13 bits per heavy atom. The summed E-state index contributed by atoms with van der Waals surface area (Å²) in [7, 11) is 0. The fraction of sp³-hybridized carbons (Fsp3) is 0.636. The van der Waals surface area contributed by atoms with E-state index in [4.69, 9.17) is 0 Å². The van der Waals surface area contributed by atoms with Crippen LogP contribution in [-0.4, -0.2) is 21.1 Å². The van der Waals surface area contributed by atoms with Crippen molar-refractivity contribution in [2.24, 2.45) is 0 Å². The Morgan fingerprint density at radius 2 is 1.80 bits per heavy atom. The summed E-state index contributed by atoms with van der Waals surface area (Å²) in [5.41, 5.74) is 2.12. The summed E-state index contributed by atoms with van der Waals surface area (Å²) in [6.07, 6.45) is 3.78. The number of hydrogen-bond donors (Lipinski definition) is 0. The summed E-state index contributed by atoms with van der Waals surface area (Å²) in [6, 6.07) is 2.01. The second kappa shape index (κ2) is 7.23. The van der Waals surface area contributed by atoms with Gasteiger partial charge in [0.25, 0.3) is 0 Å². The Morgan fingerprint density at radius 3 is 2.40 bits per heavy atom. The smallest absolute Gasteiger partial charge is 0.187 e. The van der Waals surface area contributed by atoms with Gasteiger partial charge in [-0.3, -0.25) is 0 Å². The topological polar surface area (TPSA) is 25.8 Å². The Bertz CT molecular complexity index is 284. The minimum atomic E-state index is 0.923. The molecule has 1 aromatic rings. The lowest BCUT2D eigenvalue weighted by molar-refractivity contribution is 0.786. The number of rotatable bonds is 6. The van der Waals surface area contributed by atoms with E-state index in [1.165, 1.54) is 19.3 Å². The summed E-state index contributed by atoms with van der Waals surface area (Å²) in [5.74, 6) is 1.12. The van der Waals surface area contributed by atoms with Crippen LogP contribution in [0.5, 0.6) is 0 Å². The number of unbranched alkanes of at least 4 members (excludes halogenated alkanes) is 2. The molecule has 0 fully saturated rings. The Labute approximate surface area is 104 Å². The largest absolute Gasteiger partial charge is 0.228 e. The van der Waals surface area contributed by atoms with Crippen molar-refractivity contribution < 1.29 is 0 Å². The SMILES string of the molecule is Cc1cc(C)nc(SCCCCCBr)n1. The van der Waals surface area contributed by atoms with Gasteiger partial charge in [0.1, 0.15) is 0 Å². The summed E-state index contributed by atoms with van der Waals surface area (Å²) in [5, 5.41) is 2.03. The predicted molar refractivity (Wildman–Crippen MR) is 69.9 cm³/mol. The first-order valence-electron chi connectivity index (χ1n) is 5.23. The standard InChI is InChI=1S/C11H17BrN2S/c1-9-8-10(2)14-11(13-9)15-7-5-3-4-6-12/h8H,3-7H2,1-2H3. The van der Waals surface area contributed by atoms with Gasteiger partial charge in [0, 0.05) is 22.5 Å². The molecule has 0 aliphatic rings. The number of alkyl halides is 1. The molecule has 15 heavy (non-hydrogen) atoms. The van der Waals surface area contributed by atoms with Crippen LogP contribution in [-0.2, 0) is 0 Å². The summed E-state index contributed by atoms with van der Waals surface area (Å²) in [4.78, 5) is 8.79. The van der Waals surface area contributed by atoms with Crippen LogP contribution in [0, 0.1) is 13.8 Å². The van der Waals surface area contributed by atoms with E-state index in [-0.39, 0.29) is 0 Å².